The first-order chi connectivity index (χ1) is 9.08. The van der Waals surface area contributed by atoms with E-state index < -0.39 is 6.04 Å². The zero-order valence-electron chi connectivity index (χ0n) is 12.0. The third-order valence-corrected chi connectivity index (χ3v) is 3.63. The van der Waals surface area contributed by atoms with E-state index in [4.69, 9.17) is 10.5 Å². The maximum Gasteiger partial charge on any atom is 0.308 e. The van der Waals surface area contributed by atoms with Crippen molar-refractivity contribution in [2.75, 3.05) is 6.61 Å². The van der Waals surface area contributed by atoms with Gasteiger partial charge >= 0.3 is 5.97 Å². The maximum atomic E-state index is 11.8. The third-order valence-electron chi connectivity index (χ3n) is 3.63. The van der Waals surface area contributed by atoms with Gasteiger partial charge in [-0.15, -0.1) is 0 Å². The highest BCUT2D eigenvalue weighted by atomic mass is 16.5. The number of hydrogen-bond donors (Lipinski definition) is 2. The van der Waals surface area contributed by atoms with Crippen LogP contribution in [0.25, 0.3) is 0 Å². The number of carbonyl (C=O) groups is 2. The predicted octanol–water partition coefficient (Wildman–Crippen LogP) is 1.35. The first-order valence-corrected chi connectivity index (χ1v) is 7.31. The van der Waals surface area contributed by atoms with Crippen molar-refractivity contribution in [1.29, 1.82) is 0 Å². The molecule has 0 bridgehead atoms. The first-order valence-electron chi connectivity index (χ1n) is 7.31. The smallest absolute Gasteiger partial charge is 0.308 e. The fraction of sp³-hybridized carbons (Fsp3) is 0.857. The molecule has 110 valence electrons. The van der Waals surface area contributed by atoms with Gasteiger partial charge in [0.1, 0.15) is 0 Å². The van der Waals surface area contributed by atoms with E-state index in [1.165, 1.54) is 0 Å². The molecular weight excluding hydrogens is 244 g/mol. The Morgan fingerprint density at radius 3 is 2.42 bits per heavy atom. The van der Waals surface area contributed by atoms with Crippen molar-refractivity contribution >= 4 is 11.9 Å². The van der Waals surface area contributed by atoms with Crippen molar-refractivity contribution in [2.24, 2.45) is 11.7 Å². The molecule has 1 saturated carbocycles. The fourth-order valence-electron chi connectivity index (χ4n) is 2.48. The number of rotatable bonds is 6. The summed E-state index contributed by atoms with van der Waals surface area (Å²) in [5.41, 5.74) is 5.77. The molecule has 5 nitrogen and oxygen atoms in total. The SMILES string of the molecule is CCCC(N)C(=O)NC1CCC(C(=O)OCC)CC1. The minimum Gasteiger partial charge on any atom is -0.466 e. The van der Waals surface area contributed by atoms with E-state index >= 15 is 0 Å². The second-order valence-corrected chi connectivity index (χ2v) is 5.20. The van der Waals surface area contributed by atoms with Crippen LogP contribution in [0.4, 0.5) is 0 Å². The van der Waals surface area contributed by atoms with Crippen molar-refractivity contribution in [3.63, 3.8) is 0 Å². The van der Waals surface area contributed by atoms with E-state index in [-0.39, 0.29) is 23.8 Å². The molecule has 1 amide bonds. The zero-order valence-corrected chi connectivity index (χ0v) is 12.0. The Kier molecular flexibility index (Phi) is 6.84. The lowest BCUT2D eigenvalue weighted by Crippen LogP contribution is -2.46. The van der Waals surface area contributed by atoms with Gasteiger partial charge in [0.25, 0.3) is 0 Å². The highest BCUT2D eigenvalue weighted by Gasteiger charge is 2.28. The van der Waals surface area contributed by atoms with E-state index in [1.807, 2.05) is 13.8 Å². The molecule has 3 N–H and O–H groups in total. The van der Waals surface area contributed by atoms with Crippen LogP contribution in [0.2, 0.25) is 0 Å². The number of nitrogens with one attached hydrogen (secondary N) is 1. The van der Waals surface area contributed by atoms with Crippen LogP contribution < -0.4 is 11.1 Å². The number of hydrogen-bond acceptors (Lipinski definition) is 4. The Labute approximate surface area is 115 Å². The van der Waals surface area contributed by atoms with Gasteiger partial charge in [0.15, 0.2) is 0 Å². The van der Waals surface area contributed by atoms with E-state index in [2.05, 4.69) is 5.32 Å². The summed E-state index contributed by atoms with van der Waals surface area (Å²) >= 11 is 0. The molecule has 1 aliphatic rings. The normalized spacial score (nSPS) is 24.6. The van der Waals surface area contributed by atoms with Gasteiger partial charge in [0.05, 0.1) is 18.6 Å². The summed E-state index contributed by atoms with van der Waals surface area (Å²) in [6, 6.07) is -0.256. The quantitative estimate of drug-likeness (QED) is 0.714. The first kappa shape index (κ1) is 16.0. The molecule has 5 heteroatoms. The van der Waals surface area contributed by atoms with E-state index in [9.17, 15) is 9.59 Å². The van der Waals surface area contributed by atoms with Crippen molar-refractivity contribution in [3.8, 4) is 0 Å². The summed E-state index contributed by atoms with van der Waals surface area (Å²) in [5, 5.41) is 2.98. The molecule has 0 heterocycles. The van der Waals surface area contributed by atoms with Crippen LogP contribution in [0, 0.1) is 5.92 Å². The summed E-state index contributed by atoms with van der Waals surface area (Å²) in [6.45, 7) is 4.26. The average molecular weight is 270 g/mol. The highest BCUT2D eigenvalue weighted by Crippen LogP contribution is 2.25. The van der Waals surface area contributed by atoms with Gasteiger partial charge in [-0.1, -0.05) is 13.3 Å². The lowest BCUT2D eigenvalue weighted by Gasteiger charge is -2.28. The van der Waals surface area contributed by atoms with E-state index in [1.54, 1.807) is 0 Å². The minimum atomic E-state index is -0.409. The van der Waals surface area contributed by atoms with Crippen molar-refractivity contribution in [2.45, 2.75) is 64.5 Å². The molecule has 0 aromatic rings. The van der Waals surface area contributed by atoms with Crippen LogP contribution in [-0.4, -0.2) is 30.6 Å². The van der Waals surface area contributed by atoms with Crippen molar-refractivity contribution in [3.05, 3.63) is 0 Å². The molecule has 0 aromatic heterocycles. The van der Waals surface area contributed by atoms with Crippen molar-refractivity contribution in [1.82, 2.24) is 5.32 Å². The van der Waals surface area contributed by atoms with Gasteiger partial charge < -0.3 is 15.8 Å². The van der Waals surface area contributed by atoms with Gasteiger partial charge in [-0.2, -0.15) is 0 Å². The van der Waals surface area contributed by atoms with E-state index in [0.717, 1.165) is 32.1 Å². The number of esters is 1. The summed E-state index contributed by atoms with van der Waals surface area (Å²) < 4.78 is 5.02. The van der Waals surface area contributed by atoms with Gasteiger partial charge in [0, 0.05) is 6.04 Å². The molecule has 1 unspecified atom stereocenters. The van der Waals surface area contributed by atoms with Gasteiger partial charge in [0.2, 0.25) is 5.91 Å². The summed E-state index contributed by atoms with van der Waals surface area (Å²) in [5.74, 6) is -0.172. The second-order valence-electron chi connectivity index (χ2n) is 5.20. The molecule has 0 radical (unpaired) electrons. The largest absolute Gasteiger partial charge is 0.466 e. The van der Waals surface area contributed by atoms with Gasteiger partial charge in [-0.25, -0.2) is 0 Å². The number of carbonyl (C=O) groups excluding carboxylic acids is 2. The zero-order chi connectivity index (χ0) is 14.3. The van der Waals surface area contributed by atoms with Crippen LogP contribution in [0.1, 0.15) is 52.4 Å². The molecule has 1 aliphatic carbocycles. The maximum absolute atomic E-state index is 11.8. The Bertz CT molecular complexity index is 299. The van der Waals surface area contributed by atoms with Crippen molar-refractivity contribution < 1.29 is 14.3 Å². The standard InChI is InChI=1S/C14H26N2O3/c1-3-5-12(15)13(17)16-11-8-6-10(7-9-11)14(18)19-4-2/h10-12H,3-9,15H2,1-2H3,(H,16,17). The summed E-state index contributed by atoms with van der Waals surface area (Å²) in [4.78, 5) is 23.4. The summed E-state index contributed by atoms with van der Waals surface area (Å²) in [7, 11) is 0. The molecular formula is C14H26N2O3. The molecule has 0 saturated heterocycles. The summed E-state index contributed by atoms with van der Waals surface area (Å²) in [6.07, 6.45) is 4.84. The van der Waals surface area contributed by atoms with E-state index in [0.29, 0.717) is 13.0 Å². The molecule has 1 fully saturated rings. The molecule has 19 heavy (non-hydrogen) atoms. The van der Waals surface area contributed by atoms with Crippen LogP contribution >= 0.6 is 0 Å². The van der Waals surface area contributed by atoms with Gasteiger partial charge in [-0.05, 0) is 39.0 Å². The number of nitrogens with two attached hydrogens (primary N) is 1. The average Bonchev–Trinajstić information content (AvgIpc) is 2.40. The predicted molar refractivity (Wildman–Crippen MR) is 73.4 cm³/mol. The molecule has 0 spiro atoms. The highest BCUT2D eigenvalue weighted by molar-refractivity contribution is 5.81. The third kappa shape index (κ3) is 5.19. The van der Waals surface area contributed by atoms with Crippen LogP contribution in [0.15, 0.2) is 0 Å². The lowest BCUT2D eigenvalue weighted by atomic mass is 9.86. The Hall–Kier alpha value is -1.10. The fourth-order valence-corrected chi connectivity index (χ4v) is 2.48. The monoisotopic (exact) mass is 270 g/mol. The molecule has 1 rings (SSSR count). The second kappa shape index (κ2) is 8.15. The molecule has 1 atom stereocenters. The molecule has 0 aromatic carbocycles. The molecule has 0 aliphatic heterocycles. The Morgan fingerprint density at radius 2 is 1.89 bits per heavy atom. The minimum absolute atomic E-state index is 0.00239. The Morgan fingerprint density at radius 1 is 1.26 bits per heavy atom. The number of ether oxygens (including phenoxy) is 1. The van der Waals surface area contributed by atoms with Crippen LogP contribution in [-0.2, 0) is 14.3 Å². The van der Waals surface area contributed by atoms with Crippen LogP contribution in [0.3, 0.4) is 0 Å². The number of amides is 1. The Balaban J connectivity index is 2.30. The lowest BCUT2D eigenvalue weighted by molar-refractivity contribution is -0.149. The van der Waals surface area contributed by atoms with Gasteiger partial charge in [-0.3, -0.25) is 9.59 Å². The topological polar surface area (TPSA) is 81.4 Å². The van der Waals surface area contributed by atoms with Crippen LogP contribution in [0.5, 0.6) is 0 Å².